The van der Waals surface area contributed by atoms with E-state index in [4.69, 9.17) is 5.73 Å². The summed E-state index contributed by atoms with van der Waals surface area (Å²) in [6.45, 7) is 8.48. The van der Waals surface area contributed by atoms with Gasteiger partial charge < -0.3 is 10.6 Å². The quantitative estimate of drug-likeness (QED) is 0.844. The Morgan fingerprint density at radius 1 is 0.947 bits per heavy atom. The summed E-state index contributed by atoms with van der Waals surface area (Å²) in [5.41, 5.74) is 6.40. The highest BCUT2D eigenvalue weighted by molar-refractivity contribution is 5.01. The van der Waals surface area contributed by atoms with Gasteiger partial charge in [-0.15, -0.1) is 0 Å². The molecule has 0 amide bonds. The molecule has 3 fully saturated rings. The van der Waals surface area contributed by atoms with E-state index in [2.05, 4.69) is 16.7 Å². The summed E-state index contributed by atoms with van der Waals surface area (Å²) >= 11 is 0. The van der Waals surface area contributed by atoms with Crippen molar-refractivity contribution in [2.24, 2.45) is 11.7 Å². The molecule has 3 heteroatoms. The van der Waals surface area contributed by atoms with Crippen molar-refractivity contribution in [2.75, 3.05) is 32.7 Å². The fourth-order valence-electron chi connectivity index (χ4n) is 4.28. The molecule has 0 aromatic carbocycles. The third-order valence-electron chi connectivity index (χ3n) is 5.96. The molecule has 1 unspecified atom stereocenters. The van der Waals surface area contributed by atoms with Crippen LogP contribution in [0.5, 0.6) is 0 Å². The summed E-state index contributed by atoms with van der Waals surface area (Å²) in [5, 5.41) is 0. The van der Waals surface area contributed by atoms with Crippen molar-refractivity contribution in [1.82, 2.24) is 9.80 Å². The lowest BCUT2D eigenvalue weighted by Gasteiger charge is -2.47. The molecule has 0 spiro atoms. The molecule has 0 aromatic rings. The Kier molecular flexibility index (Phi) is 4.16. The van der Waals surface area contributed by atoms with Crippen LogP contribution in [0.25, 0.3) is 0 Å². The van der Waals surface area contributed by atoms with Crippen LogP contribution in [0.4, 0.5) is 0 Å². The smallest absolute Gasteiger partial charge is 0.0331 e. The van der Waals surface area contributed by atoms with E-state index < -0.39 is 0 Å². The van der Waals surface area contributed by atoms with Gasteiger partial charge in [0.25, 0.3) is 0 Å². The predicted molar refractivity (Wildman–Crippen MR) is 80.2 cm³/mol. The third-order valence-corrected chi connectivity index (χ3v) is 5.96. The SMILES string of the molecule is CC(CN)(C1CC1)N1CCC(N2CCCCC2)CC1. The van der Waals surface area contributed by atoms with Crippen molar-refractivity contribution in [1.29, 1.82) is 0 Å². The van der Waals surface area contributed by atoms with Crippen LogP contribution < -0.4 is 5.73 Å². The zero-order chi connectivity index (χ0) is 13.3. The van der Waals surface area contributed by atoms with Gasteiger partial charge in [0.2, 0.25) is 0 Å². The van der Waals surface area contributed by atoms with Gasteiger partial charge in [-0.05, 0) is 64.5 Å². The van der Waals surface area contributed by atoms with Crippen LogP contribution in [0.3, 0.4) is 0 Å². The van der Waals surface area contributed by atoms with Crippen molar-refractivity contribution in [3.8, 4) is 0 Å². The van der Waals surface area contributed by atoms with Gasteiger partial charge in [0.1, 0.15) is 0 Å². The van der Waals surface area contributed by atoms with Gasteiger partial charge >= 0.3 is 0 Å². The van der Waals surface area contributed by atoms with Crippen LogP contribution in [0.15, 0.2) is 0 Å². The van der Waals surface area contributed by atoms with Gasteiger partial charge in [-0.1, -0.05) is 6.42 Å². The Morgan fingerprint density at radius 3 is 2.11 bits per heavy atom. The summed E-state index contributed by atoms with van der Waals surface area (Å²) in [7, 11) is 0. The molecular formula is C16H31N3. The number of likely N-dealkylation sites (tertiary alicyclic amines) is 2. The molecule has 3 aliphatic rings. The summed E-state index contributed by atoms with van der Waals surface area (Å²) in [5.74, 6) is 0.879. The van der Waals surface area contributed by atoms with Crippen LogP contribution in [-0.4, -0.2) is 54.1 Å². The molecule has 3 rings (SSSR count). The van der Waals surface area contributed by atoms with E-state index in [1.54, 1.807) is 0 Å². The number of nitrogens with two attached hydrogens (primary N) is 1. The highest BCUT2D eigenvalue weighted by Crippen LogP contribution is 2.43. The second-order valence-electron chi connectivity index (χ2n) is 7.15. The van der Waals surface area contributed by atoms with Gasteiger partial charge in [0.05, 0.1) is 0 Å². The van der Waals surface area contributed by atoms with Crippen LogP contribution >= 0.6 is 0 Å². The molecule has 2 aliphatic heterocycles. The molecule has 3 nitrogen and oxygen atoms in total. The van der Waals surface area contributed by atoms with Crippen LogP contribution in [0.2, 0.25) is 0 Å². The zero-order valence-electron chi connectivity index (χ0n) is 12.6. The summed E-state index contributed by atoms with van der Waals surface area (Å²) in [4.78, 5) is 5.48. The fraction of sp³-hybridized carbons (Fsp3) is 1.00. The number of rotatable bonds is 4. The first-order valence-corrected chi connectivity index (χ1v) is 8.43. The lowest BCUT2D eigenvalue weighted by Crippen LogP contribution is -2.58. The lowest BCUT2D eigenvalue weighted by atomic mass is 9.89. The molecule has 110 valence electrons. The van der Waals surface area contributed by atoms with Crippen molar-refractivity contribution in [3.05, 3.63) is 0 Å². The van der Waals surface area contributed by atoms with Crippen LogP contribution in [0.1, 0.15) is 51.9 Å². The van der Waals surface area contributed by atoms with Crippen LogP contribution in [0, 0.1) is 5.92 Å². The van der Waals surface area contributed by atoms with Gasteiger partial charge in [-0.25, -0.2) is 0 Å². The van der Waals surface area contributed by atoms with Gasteiger partial charge in [0, 0.05) is 31.2 Å². The average molecular weight is 265 g/mol. The summed E-state index contributed by atoms with van der Waals surface area (Å²) in [6, 6.07) is 0.859. The molecule has 2 heterocycles. The first kappa shape index (κ1) is 13.8. The standard InChI is InChI=1S/C16H31N3/c1-16(13-17,14-5-6-14)19-11-7-15(8-12-19)18-9-3-2-4-10-18/h14-15H,2-13,17H2,1H3. The molecule has 0 aromatic heterocycles. The molecule has 0 bridgehead atoms. The summed E-state index contributed by atoms with van der Waals surface area (Å²) in [6.07, 6.45) is 9.82. The minimum Gasteiger partial charge on any atom is -0.329 e. The predicted octanol–water partition coefficient (Wildman–Crippen LogP) is 2.06. The maximum Gasteiger partial charge on any atom is 0.0331 e. The van der Waals surface area contributed by atoms with Crippen molar-refractivity contribution >= 4 is 0 Å². The zero-order valence-corrected chi connectivity index (χ0v) is 12.6. The Hall–Kier alpha value is -0.120. The lowest BCUT2D eigenvalue weighted by molar-refractivity contribution is 0.0262. The number of piperidine rings is 2. The Morgan fingerprint density at radius 2 is 1.58 bits per heavy atom. The van der Waals surface area contributed by atoms with E-state index in [0.29, 0.717) is 5.54 Å². The van der Waals surface area contributed by atoms with Gasteiger partial charge in [-0.3, -0.25) is 4.90 Å². The van der Waals surface area contributed by atoms with E-state index >= 15 is 0 Å². The van der Waals surface area contributed by atoms with E-state index in [1.807, 2.05) is 0 Å². The largest absolute Gasteiger partial charge is 0.329 e. The monoisotopic (exact) mass is 265 g/mol. The number of hydrogen-bond acceptors (Lipinski definition) is 3. The van der Waals surface area contributed by atoms with Crippen molar-refractivity contribution in [2.45, 2.75) is 63.5 Å². The first-order chi connectivity index (χ1) is 9.24. The molecule has 1 atom stereocenters. The van der Waals surface area contributed by atoms with Crippen molar-refractivity contribution < 1.29 is 0 Å². The topological polar surface area (TPSA) is 32.5 Å². The second-order valence-corrected chi connectivity index (χ2v) is 7.15. The summed E-state index contributed by atoms with van der Waals surface area (Å²) < 4.78 is 0. The third kappa shape index (κ3) is 2.84. The highest BCUT2D eigenvalue weighted by Gasteiger charge is 2.45. The minimum atomic E-state index is 0.298. The Labute approximate surface area is 118 Å². The van der Waals surface area contributed by atoms with Gasteiger partial charge in [0.15, 0.2) is 0 Å². The molecule has 2 saturated heterocycles. The Bertz CT molecular complexity index is 288. The maximum atomic E-state index is 6.10. The van der Waals surface area contributed by atoms with Gasteiger partial charge in [-0.2, -0.15) is 0 Å². The normalized spacial score (nSPS) is 31.3. The fourth-order valence-corrected chi connectivity index (χ4v) is 4.28. The second kappa shape index (κ2) is 5.71. The molecule has 19 heavy (non-hydrogen) atoms. The number of hydrogen-bond donors (Lipinski definition) is 1. The van der Waals surface area contributed by atoms with E-state index in [1.165, 1.54) is 71.1 Å². The molecular weight excluding hydrogens is 234 g/mol. The average Bonchev–Trinajstić information content (AvgIpc) is 3.33. The van der Waals surface area contributed by atoms with Crippen molar-refractivity contribution in [3.63, 3.8) is 0 Å². The van der Waals surface area contributed by atoms with E-state index in [9.17, 15) is 0 Å². The Balaban J connectivity index is 1.53. The first-order valence-electron chi connectivity index (χ1n) is 8.43. The molecule has 1 saturated carbocycles. The molecule has 0 radical (unpaired) electrons. The highest BCUT2D eigenvalue weighted by atomic mass is 15.2. The van der Waals surface area contributed by atoms with E-state index in [-0.39, 0.29) is 0 Å². The molecule has 2 N–H and O–H groups in total. The van der Waals surface area contributed by atoms with E-state index in [0.717, 1.165) is 18.5 Å². The molecule has 1 aliphatic carbocycles. The minimum absolute atomic E-state index is 0.298. The van der Waals surface area contributed by atoms with Crippen LogP contribution in [-0.2, 0) is 0 Å². The maximum absolute atomic E-state index is 6.10. The number of nitrogens with zero attached hydrogens (tertiary/aromatic N) is 2.